The number of aromatic nitrogens is 1. The zero-order valence-electron chi connectivity index (χ0n) is 11.4. The van der Waals surface area contributed by atoms with E-state index < -0.39 is 10.0 Å². The fourth-order valence-corrected chi connectivity index (χ4v) is 2.31. The molecule has 0 aliphatic rings. The molecule has 3 N–H and O–H groups in total. The maximum absolute atomic E-state index is 11.3. The third-order valence-corrected chi connectivity index (χ3v) is 3.90. The fourth-order valence-electron chi connectivity index (χ4n) is 1.77. The van der Waals surface area contributed by atoms with Crippen molar-refractivity contribution in [2.45, 2.75) is 25.3 Å². The second-order valence-electron chi connectivity index (χ2n) is 4.68. The summed E-state index contributed by atoms with van der Waals surface area (Å²) in [5, 5.41) is 8.34. The molecule has 2 aromatic rings. The van der Waals surface area contributed by atoms with Gasteiger partial charge in [0.1, 0.15) is 0 Å². The van der Waals surface area contributed by atoms with Crippen LogP contribution in [0.25, 0.3) is 0 Å². The third kappa shape index (κ3) is 3.55. The van der Waals surface area contributed by atoms with Crippen molar-refractivity contribution >= 4 is 15.7 Å². The van der Waals surface area contributed by atoms with Gasteiger partial charge in [-0.2, -0.15) is 0 Å². The lowest BCUT2D eigenvalue weighted by molar-refractivity contribution is 0.598. The van der Waals surface area contributed by atoms with E-state index in [0.717, 1.165) is 22.5 Å². The van der Waals surface area contributed by atoms with E-state index in [0.29, 0.717) is 6.54 Å². The first kappa shape index (κ1) is 14.5. The van der Waals surface area contributed by atoms with Gasteiger partial charge < -0.3 is 5.32 Å². The highest BCUT2D eigenvalue weighted by molar-refractivity contribution is 7.89. The smallest absolute Gasteiger partial charge is 0.238 e. The number of rotatable bonds is 4. The summed E-state index contributed by atoms with van der Waals surface area (Å²) < 4.78 is 22.7. The molecule has 6 heteroatoms. The van der Waals surface area contributed by atoms with Gasteiger partial charge in [0.05, 0.1) is 4.90 Å². The van der Waals surface area contributed by atoms with E-state index in [-0.39, 0.29) is 4.90 Å². The summed E-state index contributed by atoms with van der Waals surface area (Å²) in [6, 6.07) is 8.70. The van der Waals surface area contributed by atoms with E-state index in [4.69, 9.17) is 5.14 Å². The normalized spacial score (nSPS) is 11.3. The van der Waals surface area contributed by atoms with Gasteiger partial charge in [0, 0.05) is 24.1 Å². The van der Waals surface area contributed by atoms with Gasteiger partial charge in [-0.3, -0.25) is 4.98 Å². The molecule has 0 aliphatic heterocycles. The molecule has 0 bridgehead atoms. The van der Waals surface area contributed by atoms with E-state index in [2.05, 4.69) is 10.3 Å². The van der Waals surface area contributed by atoms with Crippen LogP contribution in [0, 0.1) is 13.8 Å². The van der Waals surface area contributed by atoms with Crippen molar-refractivity contribution in [3.05, 3.63) is 53.3 Å². The van der Waals surface area contributed by atoms with Crippen LogP contribution >= 0.6 is 0 Å². The minimum atomic E-state index is -3.68. The predicted molar refractivity (Wildman–Crippen MR) is 78.9 cm³/mol. The number of nitrogens with zero attached hydrogens (tertiary/aromatic N) is 1. The van der Waals surface area contributed by atoms with Gasteiger partial charge in [0.15, 0.2) is 0 Å². The monoisotopic (exact) mass is 291 g/mol. The average molecular weight is 291 g/mol. The zero-order chi connectivity index (χ0) is 14.8. The molecule has 0 unspecified atom stereocenters. The SMILES string of the molecule is Cc1ccc(CNc2cc(S(N)(=O)=O)ccc2C)cn1. The van der Waals surface area contributed by atoms with E-state index in [1.165, 1.54) is 6.07 Å². The number of hydrogen-bond donors (Lipinski definition) is 2. The number of primary sulfonamides is 1. The Morgan fingerprint density at radius 1 is 1.20 bits per heavy atom. The van der Waals surface area contributed by atoms with Crippen molar-refractivity contribution in [3.8, 4) is 0 Å². The summed E-state index contributed by atoms with van der Waals surface area (Å²) in [5.41, 5.74) is 3.69. The Balaban J connectivity index is 2.19. The van der Waals surface area contributed by atoms with Crippen LogP contribution in [0.15, 0.2) is 41.4 Å². The molecule has 0 aliphatic carbocycles. The number of nitrogens with two attached hydrogens (primary N) is 1. The van der Waals surface area contributed by atoms with Crippen LogP contribution in [0.5, 0.6) is 0 Å². The van der Waals surface area contributed by atoms with Crippen LogP contribution in [0.3, 0.4) is 0 Å². The van der Waals surface area contributed by atoms with Crippen LogP contribution in [0.1, 0.15) is 16.8 Å². The van der Waals surface area contributed by atoms with Crippen molar-refractivity contribution in [2.75, 3.05) is 5.32 Å². The van der Waals surface area contributed by atoms with Gasteiger partial charge in [-0.15, -0.1) is 0 Å². The second kappa shape index (κ2) is 5.60. The zero-order valence-corrected chi connectivity index (χ0v) is 12.2. The molecular formula is C14H17N3O2S. The molecule has 2 rings (SSSR count). The molecule has 5 nitrogen and oxygen atoms in total. The molecule has 1 aromatic carbocycles. The van der Waals surface area contributed by atoms with Gasteiger partial charge in [-0.05, 0) is 43.2 Å². The fraction of sp³-hybridized carbons (Fsp3) is 0.214. The molecule has 0 saturated carbocycles. The van der Waals surface area contributed by atoms with Gasteiger partial charge in [0.2, 0.25) is 10.0 Å². The topological polar surface area (TPSA) is 85.1 Å². The van der Waals surface area contributed by atoms with Crippen LogP contribution in [-0.2, 0) is 16.6 Å². The molecule has 1 aromatic heterocycles. The highest BCUT2D eigenvalue weighted by Gasteiger charge is 2.09. The molecule has 0 saturated heterocycles. The Hall–Kier alpha value is -1.92. The van der Waals surface area contributed by atoms with E-state index in [1.807, 2.05) is 26.0 Å². The minimum Gasteiger partial charge on any atom is -0.381 e. The molecular weight excluding hydrogens is 274 g/mol. The first-order valence-corrected chi connectivity index (χ1v) is 7.70. The van der Waals surface area contributed by atoms with E-state index >= 15 is 0 Å². The Labute approximate surface area is 118 Å². The second-order valence-corrected chi connectivity index (χ2v) is 6.24. The van der Waals surface area contributed by atoms with Gasteiger partial charge in [0.25, 0.3) is 0 Å². The van der Waals surface area contributed by atoms with Crippen molar-refractivity contribution in [1.82, 2.24) is 4.98 Å². The lowest BCUT2D eigenvalue weighted by atomic mass is 10.2. The number of hydrogen-bond acceptors (Lipinski definition) is 4. The van der Waals surface area contributed by atoms with Crippen molar-refractivity contribution in [3.63, 3.8) is 0 Å². The van der Waals surface area contributed by atoms with Crippen molar-refractivity contribution < 1.29 is 8.42 Å². The van der Waals surface area contributed by atoms with Crippen molar-refractivity contribution in [1.29, 1.82) is 0 Å². The summed E-state index contributed by atoms with van der Waals surface area (Å²) in [4.78, 5) is 4.32. The number of sulfonamides is 1. The summed E-state index contributed by atoms with van der Waals surface area (Å²) in [6.07, 6.45) is 1.79. The number of benzene rings is 1. The van der Waals surface area contributed by atoms with Gasteiger partial charge >= 0.3 is 0 Å². The van der Waals surface area contributed by atoms with Crippen LogP contribution < -0.4 is 10.5 Å². The molecule has 0 fully saturated rings. The number of nitrogens with one attached hydrogen (secondary N) is 1. The quantitative estimate of drug-likeness (QED) is 0.901. The summed E-state index contributed by atoms with van der Waals surface area (Å²) in [7, 11) is -3.68. The van der Waals surface area contributed by atoms with Gasteiger partial charge in [-0.25, -0.2) is 13.6 Å². The first-order valence-electron chi connectivity index (χ1n) is 6.15. The number of pyridine rings is 1. The van der Waals surface area contributed by atoms with Crippen LogP contribution in [-0.4, -0.2) is 13.4 Å². The van der Waals surface area contributed by atoms with Crippen LogP contribution in [0.4, 0.5) is 5.69 Å². The standard InChI is InChI=1S/C14H17N3O2S/c1-10-3-6-13(20(15,18)19)7-14(10)17-9-12-5-4-11(2)16-8-12/h3-8,17H,9H2,1-2H3,(H2,15,18,19). The highest BCUT2D eigenvalue weighted by atomic mass is 32.2. The van der Waals surface area contributed by atoms with Crippen molar-refractivity contribution in [2.24, 2.45) is 5.14 Å². The molecule has 0 atom stereocenters. The van der Waals surface area contributed by atoms with E-state index in [9.17, 15) is 8.42 Å². The average Bonchev–Trinajstić information content (AvgIpc) is 2.38. The summed E-state index contributed by atoms with van der Waals surface area (Å²) in [5.74, 6) is 0. The largest absolute Gasteiger partial charge is 0.381 e. The Morgan fingerprint density at radius 3 is 2.55 bits per heavy atom. The predicted octanol–water partition coefficient (Wildman–Crippen LogP) is 1.96. The lowest BCUT2D eigenvalue weighted by Gasteiger charge is -2.11. The molecule has 106 valence electrons. The van der Waals surface area contributed by atoms with E-state index in [1.54, 1.807) is 18.3 Å². The molecule has 20 heavy (non-hydrogen) atoms. The molecule has 0 amide bonds. The Kier molecular flexibility index (Phi) is 4.06. The summed E-state index contributed by atoms with van der Waals surface area (Å²) in [6.45, 7) is 4.40. The Morgan fingerprint density at radius 2 is 1.95 bits per heavy atom. The maximum Gasteiger partial charge on any atom is 0.238 e. The number of aryl methyl sites for hydroxylation is 2. The maximum atomic E-state index is 11.3. The lowest BCUT2D eigenvalue weighted by Crippen LogP contribution is -2.13. The molecule has 0 spiro atoms. The number of anilines is 1. The highest BCUT2D eigenvalue weighted by Crippen LogP contribution is 2.20. The minimum absolute atomic E-state index is 0.104. The third-order valence-electron chi connectivity index (χ3n) is 2.99. The molecule has 1 heterocycles. The van der Waals surface area contributed by atoms with Gasteiger partial charge in [-0.1, -0.05) is 12.1 Å². The Bertz CT molecular complexity index is 710. The van der Waals surface area contributed by atoms with Crippen LogP contribution in [0.2, 0.25) is 0 Å². The first-order chi connectivity index (χ1) is 9.36. The molecule has 0 radical (unpaired) electrons. The summed E-state index contributed by atoms with van der Waals surface area (Å²) >= 11 is 0.